The lowest BCUT2D eigenvalue weighted by atomic mass is 9.91. The van der Waals surface area contributed by atoms with Crippen molar-refractivity contribution in [1.82, 2.24) is 10.2 Å². The van der Waals surface area contributed by atoms with Crippen LogP contribution in [0, 0.1) is 17.6 Å². The Kier molecular flexibility index (Phi) is 5.48. The van der Waals surface area contributed by atoms with Gasteiger partial charge in [-0.2, -0.15) is 0 Å². The van der Waals surface area contributed by atoms with Gasteiger partial charge in [-0.1, -0.05) is 6.07 Å². The fourth-order valence-corrected chi connectivity index (χ4v) is 2.85. The molecular weight excluding hydrogens is 322 g/mol. The van der Waals surface area contributed by atoms with Crippen LogP contribution >= 0.6 is 0 Å². The Hall–Kier alpha value is -2.51. The van der Waals surface area contributed by atoms with E-state index in [-0.39, 0.29) is 30.9 Å². The Balaban J connectivity index is 2.16. The SMILES string of the molecule is CNC(=O)[C@H]1CC[C@@H](C(=O)O)N(C(=O)Cc2ccc(F)c(F)c2)C1. The number of carbonyl (C=O) groups excluding carboxylic acids is 2. The van der Waals surface area contributed by atoms with Gasteiger partial charge in [0.2, 0.25) is 11.8 Å². The Morgan fingerprint density at radius 1 is 1.25 bits per heavy atom. The first kappa shape index (κ1) is 17.8. The first-order chi connectivity index (χ1) is 11.3. The summed E-state index contributed by atoms with van der Waals surface area (Å²) in [7, 11) is 1.47. The standard InChI is InChI=1S/C16H18F2N2O4/c1-19-15(22)10-3-5-13(16(23)24)20(8-10)14(21)7-9-2-4-11(17)12(18)6-9/h2,4,6,10,13H,3,5,7-8H2,1H3,(H,19,22)(H,23,24)/t10-,13-/m0/s1. The Bertz CT molecular complexity index is 665. The van der Waals surface area contributed by atoms with E-state index in [2.05, 4.69) is 5.32 Å². The van der Waals surface area contributed by atoms with Crippen molar-refractivity contribution in [2.45, 2.75) is 25.3 Å². The van der Waals surface area contributed by atoms with Crippen LogP contribution in [0.2, 0.25) is 0 Å². The molecular formula is C16H18F2N2O4. The predicted molar refractivity (Wildman–Crippen MR) is 80.0 cm³/mol. The van der Waals surface area contributed by atoms with Crippen LogP contribution in [0.1, 0.15) is 18.4 Å². The van der Waals surface area contributed by atoms with E-state index >= 15 is 0 Å². The topological polar surface area (TPSA) is 86.7 Å². The van der Waals surface area contributed by atoms with Gasteiger partial charge in [-0.05, 0) is 30.5 Å². The maximum Gasteiger partial charge on any atom is 0.326 e. The van der Waals surface area contributed by atoms with Crippen LogP contribution in [0.3, 0.4) is 0 Å². The third-order valence-electron chi connectivity index (χ3n) is 4.14. The van der Waals surface area contributed by atoms with Gasteiger partial charge in [0.15, 0.2) is 11.6 Å². The summed E-state index contributed by atoms with van der Waals surface area (Å²) in [6.07, 6.45) is 0.268. The van der Waals surface area contributed by atoms with Crippen LogP contribution in [0.25, 0.3) is 0 Å². The Morgan fingerprint density at radius 2 is 1.96 bits per heavy atom. The van der Waals surface area contributed by atoms with Gasteiger partial charge in [0.05, 0.1) is 12.3 Å². The molecule has 1 fully saturated rings. The highest BCUT2D eigenvalue weighted by atomic mass is 19.2. The lowest BCUT2D eigenvalue weighted by molar-refractivity contribution is -0.154. The highest BCUT2D eigenvalue weighted by Gasteiger charge is 2.38. The molecule has 0 bridgehead atoms. The van der Waals surface area contributed by atoms with Crippen molar-refractivity contribution in [2.75, 3.05) is 13.6 Å². The number of halogens is 2. The van der Waals surface area contributed by atoms with Crippen molar-refractivity contribution >= 4 is 17.8 Å². The van der Waals surface area contributed by atoms with E-state index in [0.29, 0.717) is 6.42 Å². The van der Waals surface area contributed by atoms with Gasteiger partial charge < -0.3 is 15.3 Å². The lowest BCUT2D eigenvalue weighted by Crippen LogP contribution is -2.53. The van der Waals surface area contributed by atoms with Crippen LogP contribution in [0.15, 0.2) is 18.2 Å². The summed E-state index contributed by atoms with van der Waals surface area (Å²) in [5.41, 5.74) is 0.241. The zero-order valence-electron chi connectivity index (χ0n) is 13.1. The van der Waals surface area contributed by atoms with Gasteiger partial charge in [0.1, 0.15) is 6.04 Å². The number of carboxylic acids is 1. The van der Waals surface area contributed by atoms with Gasteiger partial charge in [-0.3, -0.25) is 9.59 Å². The number of carbonyl (C=O) groups is 3. The monoisotopic (exact) mass is 340 g/mol. The highest BCUT2D eigenvalue weighted by molar-refractivity contribution is 5.87. The van der Waals surface area contributed by atoms with Crippen LogP contribution in [0.5, 0.6) is 0 Å². The fraction of sp³-hybridized carbons (Fsp3) is 0.438. The molecule has 1 saturated heterocycles. The van der Waals surface area contributed by atoms with E-state index in [9.17, 15) is 28.3 Å². The van der Waals surface area contributed by atoms with Crippen LogP contribution < -0.4 is 5.32 Å². The summed E-state index contributed by atoms with van der Waals surface area (Å²) < 4.78 is 26.2. The van der Waals surface area contributed by atoms with Gasteiger partial charge in [-0.25, -0.2) is 13.6 Å². The molecule has 0 radical (unpaired) electrons. The van der Waals surface area contributed by atoms with Crippen LogP contribution in [-0.4, -0.2) is 47.4 Å². The third-order valence-corrected chi connectivity index (χ3v) is 4.14. The predicted octanol–water partition coefficient (Wildman–Crippen LogP) is 0.945. The number of rotatable bonds is 4. The number of piperidine rings is 1. The number of amides is 2. The molecule has 0 aromatic heterocycles. The highest BCUT2D eigenvalue weighted by Crippen LogP contribution is 2.24. The molecule has 2 amide bonds. The molecule has 24 heavy (non-hydrogen) atoms. The number of aliphatic carboxylic acids is 1. The molecule has 0 unspecified atom stereocenters. The summed E-state index contributed by atoms with van der Waals surface area (Å²) in [5.74, 6) is -4.53. The largest absolute Gasteiger partial charge is 0.480 e. The van der Waals surface area contributed by atoms with Crippen molar-refractivity contribution in [1.29, 1.82) is 0 Å². The second-order valence-electron chi connectivity index (χ2n) is 5.71. The summed E-state index contributed by atoms with van der Waals surface area (Å²) in [5, 5.41) is 11.8. The van der Waals surface area contributed by atoms with Gasteiger partial charge in [0, 0.05) is 13.6 Å². The zero-order valence-corrected chi connectivity index (χ0v) is 13.1. The quantitative estimate of drug-likeness (QED) is 0.854. The van der Waals surface area contributed by atoms with E-state index in [1.54, 1.807) is 0 Å². The Labute approximate surface area is 137 Å². The van der Waals surface area contributed by atoms with E-state index < -0.39 is 35.5 Å². The summed E-state index contributed by atoms with van der Waals surface area (Å²) in [6, 6.07) is 2.06. The smallest absolute Gasteiger partial charge is 0.326 e. The first-order valence-corrected chi connectivity index (χ1v) is 7.51. The molecule has 0 saturated carbocycles. The molecule has 2 N–H and O–H groups in total. The normalized spacial score (nSPS) is 20.5. The second-order valence-corrected chi connectivity index (χ2v) is 5.71. The number of likely N-dealkylation sites (tertiary alicyclic amines) is 1. The Morgan fingerprint density at radius 3 is 2.54 bits per heavy atom. The molecule has 130 valence electrons. The molecule has 1 heterocycles. The van der Waals surface area contributed by atoms with E-state index in [4.69, 9.17) is 0 Å². The molecule has 1 aliphatic rings. The number of hydrogen-bond donors (Lipinski definition) is 2. The number of hydrogen-bond acceptors (Lipinski definition) is 3. The van der Waals surface area contributed by atoms with Crippen molar-refractivity contribution < 1.29 is 28.3 Å². The van der Waals surface area contributed by atoms with Crippen molar-refractivity contribution in [3.63, 3.8) is 0 Å². The molecule has 1 aromatic carbocycles. The number of nitrogens with zero attached hydrogens (tertiary/aromatic N) is 1. The average Bonchev–Trinajstić information content (AvgIpc) is 2.56. The molecule has 0 spiro atoms. The summed E-state index contributed by atoms with van der Waals surface area (Å²) >= 11 is 0. The second kappa shape index (κ2) is 7.37. The molecule has 2 atom stereocenters. The molecule has 8 heteroatoms. The fourth-order valence-electron chi connectivity index (χ4n) is 2.85. The minimum Gasteiger partial charge on any atom is -0.480 e. The molecule has 6 nitrogen and oxygen atoms in total. The van der Waals surface area contributed by atoms with E-state index in [1.165, 1.54) is 13.1 Å². The van der Waals surface area contributed by atoms with Gasteiger partial charge in [0.25, 0.3) is 0 Å². The molecule has 1 aromatic rings. The summed E-state index contributed by atoms with van der Waals surface area (Å²) in [4.78, 5) is 36.7. The van der Waals surface area contributed by atoms with Gasteiger partial charge in [-0.15, -0.1) is 0 Å². The van der Waals surface area contributed by atoms with Crippen molar-refractivity contribution in [2.24, 2.45) is 5.92 Å². The van der Waals surface area contributed by atoms with Crippen molar-refractivity contribution in [3.05, 3.63) is 35.4 Å². The minimum atomic E-state index is -1.15. The molecule has 0 aliphatic carbocycles. The van der Waals surface area contributed by atoms with Crippen molar-refractivity contribution in [3.8, 4) is 0 Å². The average molecular weight is 340 g/mol. The van der Waals surface area contributed by atoms with E-state index in [1.807, 2.05) is 0 Å². The number of nitrogens with one attached hydrogen (secondary N) is 1. The zero-order chi connectivity index (χ0) is 17.9. The van der Waals surface area contributed by atoms with Crippen LogP contribution in [-0.2, 0) is 20.8 Å². The third kappa shape index (κ3) is 3.87. The molecule has 2 rings (SSSR count). The van der Waals surface area contributed by atoms with E-state index in [0.717, 1.165) is 17.0 Å². The van der Waals surface area contributed by atoms with Gasteiger partial charge >= 0.3 is 5.97 Å². The lowest BCUT2D eigenvalue weighted by Gasteiger charge is -2.36. The maximum atomic E-state index is 13.2. The molecule has 1 aliphatic heterocycles. The minimum absolute atomic E-state index is 0.0147. The maximum absolute atomic E-state index is 13.2. The number of carboxylic acid groups (broad SMARTS) is 1. The first-order valence-electron chi connectivity index (χ1n) is 7.51. The van der Waals surface area contributed by atoms with Crippen LogP contribution in [0.4, 0.5) is 8.78 Å². The number of benzene rings is 1. The summed E-state index contributed by atoms with van der Waals surface area (Å²) in [6.45, 7) is -0.0147.